The molecule has 2 nitrogen and oxygen atoms in total. The number of nitrogens with zero attached hydrogens (tertiary/aromatic N) is 1. The predicted octanol–water partition coefficient (Wildman–Crippen LogP) is 3.98. The number of rotatable bonds is 2. The van der Waals surface area contributed by atoms with Gasteiger partial charge in [0, 0.05) is 13.1 Å². The number of benzene rings is 2. The molecule has 0 unspecified atom stereocenters. The van der Waals surface area contributed by atoms with Crippen molar-refractivity contribution in [2.24, 2.45) is 0 Å². The van der Waals surface area contributed by atoms with Crippen LogP contribution in [-0.2, 0) is 13.0 Å². The summed E-state index contributed by atoms with van der Waals surface area (Å²) in [5.41, 5.74) is 3.52. The first-order chi connectivity index (χ1) is 10.2. The van der Waals surface area contributed by atoms with Crippen molar-refractivity contribution in [1.29, 1.82) is 0 Å². The number of halogens is 1. The van der Waals surface area contributed by atoms with Gasteiger partial charge in [-0.3, -0.25) is 4.79 Å². The van der Waals surface area contributed by atoms with Crippen molar-refractivity contribution >= 4 is 11.5 Å². The van der Waals surface area contributed by atoms with Crippen LogP contribution >= 0.6 is 0 Å². The maximum atomic E-state index is 14.0. The van der Waals surface area contributed by atoms with Crippen LogP contribution in [0.2, 0.25) is 0 Å². The second-order valence-corrected chi connectivity index (χ2v) is 5.48. The first-order valence-electron chi connectivity index (χ1n) is 7.28. The summed E-state index contributed by atoms with van der Waals surface area (Å²) in [5, 5.41) is 0. The van der Waals surface area contributed by atoms with Crippen LogP contribution in [0.5, 0.6) is 0 Å². The zero-order valence-electron chi connectivity index (χ0n) is 12.1. The predicted molar refractivity (Wildman–Crippen MR) is 82.2 cm³/mol. The molecule has 3 rings (SSSR count). The van der Waals surface area contributed by atoms with Crippen molar-refractivity contribution in [3.63, 3.8) is 0 Å². The van der Waals surface area contributed by atoms with E-state index in [4.69, 9.17) is 0 Å². The van der Waals surface area contributed by atoms with Crippen LogP contribution in [0.4, 0.5) is 10.1 Å². The summed E-state index contributed by atoms with van der Waals surface area (Å²) >= 11 is 0. The minimum absolute atomic E-state index is 0.205. The van der Waals surface area contributed by atoms with Crippen LogP contribution < -0.4 is 4.90 Å². The van der Waals surface area contributed by atoms with Crippen molar-refractivity contribution in [3.8, 4) is 0 Å². The molecule has 0 amide bonds. The molecule has 2 aromatic carbocycles. The van der Waals surface area contributed by atoms with Crippen LogP contribution in [-0.4, -0.2) is 12.3 Å². The molecule has 21 heavy (non-hydrogen) atoms. The van der Waals surface area contributed by atoms with Gasteiger partial charge >= 0.3 is 0 Å². The average molecular weight is 283 g/mol. The van der Waals surface area contributed by atoms with E-state index >= 15 is 0 Å². The maximum Gasteiger partial charge on any atom is 0.164 e. The lowest BCUT2D eigenvalue weighted by Gasteiger charge is -2.25. The molecule has 3 heteroatoms. The van der Waals surface area contributed by atoms with E-state index in [0.717, 1.165) is 25.9 Å². The first kappa shape index (κ1) is 13.8. The smallest absolute Gasteiger partial charge is 0.164 e. The Morgan fingerprint density at radius 2 is 1.86 bits per heavy atom. The number of Topliss-reactive ketones (excluding diaryl/α,β-unsaturated/α-hetero) is 1. The Bertz CT molecular complexity index is 681. The Morgan fingerprint density at radius 1 is 1.10 bits per heavy atom. The van der Waals surface area contributed by atoms with Gasteiger partial charge in [0.2, 0.25) is 0 Å². The Balaban J connectivity index is 2.02. The number of fused-ring (bicyclic) bond motifs is 1. The third-order valence-electron chi connectivity index (χ3n) is 4.04. The SMILES string of the molecule is CC(=O)c1c(F)cccc1N1CCCc2ccccc2C1. The van der Waals surface area contributed by atoms with E-state index in [1.165, 1.54) is 24.1 Å². The molecule has 2 aromatic rings. The summed E-state index contributed by atoms with van der Waals surface area (Å²) in [4.78, 5) is 13.9. The standard InChI is InChI=1S/C18H18FNO/c1-13(21)18-16(19)9-4-10-17(18)20-11-5-8-14-6-2-3-7-15(14)12-20/h2-4,6-7,9-10H,5,8,11-12H2,1H3. The Kier molecular flexibility index (Phi) is 3.74. The van der Waals surface area contributed by atoms with Gasteiger partial charge in [-0.25, -0.2) is 4.39 Å². The summed E-state index contributed by atoms with van der Waals surface area (Å²) in [6.07, 6.45) is 2.03. The fourth-order valence-corrected chi connectivity index (χ4v) is 3.03. The van der Waals surface area contributed by atoms with Gasteiger partial charge in [-0.2, -0.15) is 0 Å². The lowest BCUT2D eigenvalue weighted by Crippen LogP contribution is -2.25. The van der Waals surface area contributed by atoms with Gasteiger partial charge in [0.15, 0.2) is 5.78 Å². The molecular formula is C18H18FNO. The van der Waals surface area contributed by atoms with E-state index in [-0.39, 0.29) is 11.3 Å². The minimum atomic E-state index is -0.433. The van der Waals surface area contributed by atoms with Gasteiger partial charge in [0.05, 0.1) is 11.3 Å². The topological polar surface area (TPSA) is 20.3 Å². The van der Waals surface area contributed by atoms with E-state index in [1.807, 2.05) is 12.1 Å². The van der Waals surface area contributed by atoms with Gasteiger partial charge in [0.25, 0.3) is 0 Å². The Morgan fingerprint density at radius 3 is 2.62 bits per heavy atom. The number of hydrogen-bond acceptors (Lipinski definition) is 2. The number of anilines is 1. The van der Waals surface area contributed by atoms with Crippen LogP contribution in [0.3, 0.4) is 0 Å². The zero-order chi connectivity index (χ0) is 14.8. The highest BCUT2D eigenvalue weighted by Gasteiger charge is 2.20. The fraction of sp³-hybridized carbons (Fsp3) is 0.278. The normalized spacial score (nSPS) is 14.5. The van der Waals surface area contributed by atoms with Gasteiger partial charge in [-0.15, -0.1) is 0 Å². The van der Waals surface area contributed by atoms with Gasteiger partial charge in [-0.05, 0) is 43.0 Å². The molecule has 1 aliphatic heterocycles. The molecular weight excluding hydrogens is 265 g/mol. The van der Waals surface area contributed by atoms with E-state index in [0.29, 0.717) is 5.69 Å². The van der Waals surface area contributed by atoms with Gasteiger partial charge in [0.1, 0.15) is 5.82 Å². The van der Waals surface area contributed by atoms with Crippen LogP contribution in [0, 0.1) is 5.82 Å². The molecule has 0 radical (unpaired) electrons. The molecule has 0 N–H and O–H groups in total. The van der Waals surface area contributed by atoms with Crippen LogP contribution in [0.1, 0.15) is 34.8 Å². The minimum Gasteiger partial charge on any atom is -0.367 e. The number of carbonyl (C=O) groups is 1. The fourth-order valence-electron chi connectivity index (χ4n) is 3.03. The third-order valence-corrected chi connectivity index (χ3v) is 4.04. The number of aryl methyl sites for hydroxylation is 1. The molecule has 1 heterocycles. The van der Waals surface area contributed by atoms with E-state index in [9.17, 15) is 9.18 Å². The number of carbonyl (C=O) groups excluding carboxylic acids is 1. The molecule has 108 valence electrons. The second kappa shape index (κ2) is 5.68. The molecule has 0 spiro atoms. The third kappa shape index (κ3) is 2.68. The highest BCUT2D eigenvalue weighted by atomic mass is 19.1. The zero-order valence-corrected chi connectivity index (χ0v) is 12.1. The summed E-state index contributed by atoms with van der Waals surface area (Å²) in [5.74, 6) is -0.654. The van der Waals surface area contributed by atoms with Gasteiger partial charge in [-0.1, -0.05) is 30.3 Å². The molecule has 0 fully saturated rings. The van der Waals surface area contributed by atoms with Crippen LogP contribution in [0.15, 0.2) is 42.5 Å². The Labute approximate surface area is 124 Å². The highest BCUT2D eigenvalue weighted by molar-refractivity contribution is 6.00. The number of ketones is 1. The van der Waals surface area contributed by atoms with Crippen molar-refractivity contribution in [2.75, 3.05) is 11.4 Å². The lowest BCUT2D eigenvalue weighted by atomic mass is 10.0. The largest absolute Gasteiger partial charge is 0.367 e. The maximum absolute atomic E-state index is 14.0. The van der Waals surface area contributed by atoms with E-state index in [2.05, 4.69) is 23.1 Å². The van der Waals surface area contributed by atoms with Crippen molar-refractivity contribution in [3.05, 3.63) is 65.0 Å². The number of hydrogen-bond donors (Lipinski definition) is 0. The second-order valence-electron chi connectivity index (χ2n) is 5.48. The molecule has 0 saturated heterocycles. The molecule has 0 aliphatic carbocycles. The first-order valence-corrected chi connectivity index (χ1v) is 7.28. The summed E-state index contributed by atoms with van der Waals surface area (Å²) in [7, 11) is 0. The van der Waals surface area contributed by atoms with Crippen molar-refractivity contribution in [2.45, 2.75) is 26.3 Å². The summed E-state index contributed by atoms with van der Waals surface area (Å²) in [6, 6.07) is 13.2. The van der Waals surface area contributed by atoms with E-state index < -0.39 is 5.82 Å². The highest BCUT2D eigenvalue weighted by Crippen LogP contribution is 2.28. The monoisotopic (exact) mass is 283 g/mol. The molecule has 0 atom stereocenters. The lowest BCUT2D eigenvalue weighted by molar-refractivity contribution is 0.101. The molecule has 0 bridgehead atoms. The Hall–Kier alpha value is -2.16. The summed E-state index contributed by atoms with van der Waals surface area (Å²) < 4.78 is 14.0. The van der Waals surface area contributed by atoms with Crippen molar-refractivity contribution < 1.29 is 9.18 Å². The van der Waals surface area contributed by atoms with E-state index in [1.54, 1.807) is 6.07 Å². The van der Waals surface area contributed by atoms with Crippen molar-refractivity contribution in [1.82, 2.24) is 0 Å². The quantitative estimate of drug-likeness (QED) is 0.777. The summed E-state index contributed by atoms with van der Waals surface area (Å²) in [6.45, 7) is 2.98. The molecule has 0 aromatic heterocycles. The molecule has 1 aliphatic rings. The average Bonchev–Trinajstić information content (AvgIpc) is 2.68. The molecule has 0 saturated carbocycles. The van der Waals surface area contributed by atoms with Crippen LogP contribution in [0.25, 0.3) is 0 Å². The van der Waals surface area contributed by atoms with Gasteiger partial charge < -0.3 is 4.90 Å².